The highest BCUT2D eigenvalue weighted by Crippen LogP contribution is 2.17. The van der Waals surface area contributed by atoms with Crippen molar-refractivity contribution >= 4 is 17.8 Å². The zero-order valence-corrected chi connectivity index (χ0v) is 13.4. The number of imide groups is 1. The van der Waals surface area contributed by atoms with Gasteiger partial charge in [0.15, 0.2) is 0 Å². The highest BCUT2D eigenvalue weighted by Gasteiger charge is 2.37. The van der Waals surface area contributed by atoms with Crippen LogP contribution in [0.2, 0.25) is 0 Å². The van der Waals surface area contributed by atoms with Crippen LogP contribution in [0.1, 0.15) is 18.4 Å². The first kappa shape index (κ1) is 17.7. The van der Waals surface area contributed by atoms with Crippen molar-refractivity contribution in [2.75, 3.05) is 20.3 Å². The number of nitrogens with zero attached hydrogens (tertiary/aromatic N) is 1. The number of aliphatic hydroxyl groups is 1. The molecule has 1 saturated heterocycles. The second kappa shape index (κ2) is 8.30. The van der Waals surface area contributed by atoms with Gasteiger partial charge in [0.1, 0.15) is 11.8 Å². The van der Waals surface area contributed by atoms with Crippen LogP contribution in [0, 0.1) is 0 Å². The summed E-state index contributed by atoms with van der Waals surface area (Å²) < 4.78 is 5.07. The van der Waals surface area contributed by atoms with E-state index in [2.05, 4.69) is 10.6 Å². The Bertz CT molecular complexity index is 602. The number of rotatable bonds is 8. The van der Waals surface area contributed by atoms with Crippen molar-refractivity contribution in [3.8, 4) is 5.75 Å². The van der Waals surface area contributed by atoms with Crippen LogP contribution in [0.5, 0.6) is 5.75 Å². The first-order valence-corrected chi connectivity index (χ1v) is 7.67. The molecule has 24 heavy (non-hydrogen) atoms. The molecule has 1 atom stereocenters. The molecule has 0 bridgehead atoms. The van der Waals surface area contributed by atoms with Gasteiger partial charge >= 0.3 is 6.03 Å². The minimum Gasteiger partial charge on any atom is -0.497 e. The van der Waals surface area contributed by atoms with Gasteiger partial charge in [0.25, 0.3) is 5.91 Å². The Morgan fingerprint density at radius 2 is 2.04 bits per heavy atom. The highest BCUT2D eigenvalue weighted by molar-refractivity contribution is 6.04. The fourth-order valence-electron chi connectivity index (χ4n) is 2.39. The van der Waals surface area contributed by atoms with Crippen LogP contribution in [-0.4, -0.2) is 54.2 Å². The van der Waals surface area contributed by atoms with Crippen molar-refractivity contribution in [1.29, 1.82) is 0 Å². The molecule has 3 N–H and O–H groups in total. The summed E-state index contributed by atoms with van der Waals surface area (Å²) in [5.41, 5.74) is 0.806. The Morgan fingerprint density at radius 3 is 2.67 bits per heavy atom. The maximum Gasteiger partial charge on any atom is 0.325 e. The van der Waals surface area contributed by atoms with Crippen molar-refractivity contribution in [3.63, 3.8) is 0 Å². The number of carbonyl (C=O) groups excluding carboxylic acids is 3. The molecular formula is C16H21N3O5. The van der Waals surface area contributed by atoms with Gasteiger partial charge in [0.2, 0.25) is 5.91 Å². The third-order valence-electron chi connectivity index (χ3n) is 3.70. The monoisotopic (exact) mass is 335 g/mol. The molecule has 0 radical (unpaired) electrons. The molecule has 4 amide bonds. The smallest absolute Gasteiger partial charge is 0.325 e. The summed E-state index contributed by atoms with van der Waals surface area (Å²) in [6, 6.07) is 5.93. The molecule has 0 spiro atoms. The fraction of sp³-hybridized carbons (Fsp3) is 0.438. The maximum atomic E-state index is 12.3. The Hall–Kier alpha value is -2.61. The van der Waals surface area contributed by atoms with Crippen LogP contribution < -0.4 is 15.4 Å². The molecule has 0 aliphatic carbocycles. The van der Waals surface area contributed by atoms with Crippen LogP contribution >= 0.6 is 0 Å². The third-order valence-corrected chi connectivity index (χ3v) is 3.70. The summed E-state index contributed by atoms with van der Waals surface area (Å²) in [5.74, 6) is 0.0909. The first-order valence-electron chi connectivity index (χ1n) is 7.67. The standard InChI is InChI=1S/C16H21N3O5/c1-24-12-4-2-11(3-5-12)10-19-15(22)13(18-16(19)23)6-7-14(21)17-8-9-20/h2-5,13,20H,6-10H2,1H3,(H,17,21)(H,18,23)/t13-/m0/s1. The van der Waals surface area contributed by atoms with Crippen molar-refractivity contribution < 1.29 is 24.2 Å². The fourth-order valence-corrected chi connectivity index (χ4v) is 2.39. The number of urea groups is 1. The molecule has 8 nitrogen and oxygen atoms in total. The van der Waals surface area contributed by atoms with Crippen LogP contribution in [0.3, 0.4) is 0 Å². The van der Waals surface area contributed by atoms with E-state index < -0.39 is 12.1 Å². The van der Waals surface area contributed by atoms with E-state index in [0.717, 1.165) is 10.5 Å². The summed E-state index contributed by atoms with van der Waals surface area (Å²) in [5, 5.41) is 13.7. The minimum atomic E-state index is -0.698. The Balaban J connectivity index is 1.89. The lowest BCUT2D eigenvalue weighted by Gasteiger charge is -2.13. The largest absolute Gasteiger partial charge is 0.497 e. The van der Waals surface area contributed by atoms with E-state index in [1.54, 1.807) is 31.4 Å². The number of amides is 4. The van der Waals surface area contributed by atoms with E-state index in [1.807, 2.05) is 0 Å². The van der Waals surface area contributed by atoms with Gasteiger partial charge in [-0.15, -0.1) is 0 Å². The summed E-state index contributed by atoms with van der Waals surface area (Å²) >= 11 is 0. The third kappa shape index (κ3) is 4.45. The normalized spacial score (nSPS) is 16.9. The van der Waals surface area contributed by atoms with Crippen molar-refractivity contribution in [2.24, 2.45) is 0 Å². The minimum absolute atomic E-state index is 0.104. The number of aliphatic hydroxyl groups excluding tert-OH is 1. The van der Waals surface area contributed by atoms with Crippen LogP contribution in [-0.2, 0) is 16.1 Å². The van der Waals surface area contributed by atoms with Crippen molar-refractivity contribution in [1.82, 2.24) is 15.5 Å². The molecule has 0 aromatic heterocycles. The number of hydrogen-bond donors (Lipinski definition) is 3. The van der Waals surface area contributed by atoms with Gasteiger partial charge < -0.3 is 20.5 Å². The molecule has 8 heteroatoms. The van der Waals surface area contributed by atoms with Gasteiger partial charge in [0, 0.05) is 13.0 Å². The molecule has 1 aliphatic heterocycles. The van der Waals surface area contributed by atoms with E-state index in [9.17, 15) is 14.4 Å². The lowest BCUT2D eigenvalue weighted by atomic mass is 10.1. The molecule has 1 aromatic rings. The number of carbonyl (C=O) groups is 3. The van der Waals surface area contributed by atoms with E-state index in [1.165, 1.54) is 0 Å². The zero-order chi connectivity index (χ0) is 17.5. The predicted molar refractivity (Wildman–Crippen MR) is 85.2 cm³/mol. The molecule has 1 aliphatic rings. The Labute approximate surface area is 139 Å². The molecule has 130 valence electrons. The van der Waals surface area contributed by atoms with E-state index >= 15 is 0 Å². The molecule has 0 saturated carbocycles. The average Bonchev–Trinajstić information content (AvgIpc) is 2.86. The number of methoxy groups -OCH3 is 1. The Morgan fingerprint density at radius 1 is 1.33 bits per heavy atom. The molecule has 1 aromatic carbocycles. The molecule has 0 unspecified atom stereocenters. The summed E-state index contributed by atoms with van der Waals surface area (Å²) in [6.45, 7) is 0.204. The summed E-state index contributed by atoms with van der Waals surface area (Å²) in [6.07, 6.45) is 0.327. The van der Waals surface area contributed by atoms with Gasteiger partial charge in [-0.05, 0) is 24.1 Å². The summed E-state index contributed by atoms with van der Waals surface area (Å²) in [7, 11) is 1.56. The number of hydrogen-bond acceptors (Lipinski definition) is 5. The second-order valence-electron chi connectivity index (χ2n) is 5.39. The van der Waals surface area contributed by atoms with E-state index in [0.29, 0.717) is 5.75 Å². The van der Waals surface area contributed by atoms with E-state index in [-0.39, 0.29) is 44.4 Å². The summed E-state index contributed by atoms with van der Waals surface area (Å²) in [4.78, 5) is 36.9. The van der Waals surface area contributed by atoms with Gasteiger partial charge in [-0.1, -0.05) is 12.1 Å². The van der Waals surface area contributed by atoms with Crippen LogP contribution in [0.15, 0.2) is 24.3 Å². The lowest BCUT2D eigenvalue weighted by molar-refractivity contribution is -0.128. The molecular weight excluding hydrogens is 314 g/mol. The van der Waals surface area contributed by atoms with Crippen molar-refractivity contribution in [2.45, 2.75) is 25.4 Å². The quantitative estimate of drug-likeness (QED) is 0.580. The number of nitrogens with one attached hydrogen (secondary N) is 2. The van der Waals surface area contributed by atoms with Gasteiger partial charge in [-0.3, -0.25) is 14.5 Å². The van der Waals surface area contributed by atoms with Crippen molar-refractivity contribution in [3.05, 3.63) is 29.8 Å². The molecule has 2 rings (SSSR count). The van der Waals surface area contributed by atoms with Crippen LogP contribution in [0.25, 0.3) is 0 Å². The highest BCUT2D eigenvalue weighted by atomic mass is 16.5. The van der Waals surface area contributed by atoms with Gasteiger partial charge in [-0.2, -0.15) is 0 Å². The van der Waals surface area contributed by atoms with E-state index in [4.69, 9.17) is 9.84 Å². The average molecular weight is 335 g/mol. The Kier molecular flexibility index (Phi) is 6.14. The van der Waals surface area contributed by atoms with Crippen LogP contribution in [0.4, 0.5) is 4.79 Å². The lowest BCUT2D eigenvalue weighted by Crippen LogP contribution is -2.33. The molecule has 1 fully saturated rings. The maximum absolute atomic E-state index is 12.3. The number of benzene rings is 1. The number of ether oxygens (including phenoxy) is 1. The topological polar surface area (TPSA) is 108 Å². The zero-order valence-electron chi connectivity index (χ0n) is 13.4. The first-order chi connectivity index (χ1) is 11.5. The second-order valence-corrected chi connectivity index (χ2v) is 5.39. The SMILES string of the molecule is COc1ccc(CN2C(=O)N[C@@H](CCC(=O)NCCO)C2=O)cc1. The predicted octanol–water partition coefficient (Wildman–Crippen LogP) is 0.00430. The van der Waals surface area contributed by atoms with Gasteiger partial charge in [-0.25, -0.2) is 4.79 Å². The molecule has 1 heterocycles. The van der Waals surface area contributed by atoms with Gasteiger partial charge in [0.05, 0.1) is 20.3 Å².